The Balaban J connectivity index is 1.92. The maximum Gasteiger partial charge on any atom is 0.309 e. The lowest BCUT2D eigenvalue weighted by Gasteiger charge is -2.20. The van der Waals surface area contributed by atoms with Crippen LogP contribution in [0, 0.1) is 5.41 Å². The zero-order valence-electron chi connectivity index (χ0n) is 11.8. The molecule has 1 aromatic carbocycles. The normalized spacial score (nSPS) is 14.8. The van der Waals surface area contributed by atoms with Crippen LogP contribution in [0.1, 0.15) is 44.2 Å². The fourth-order valence-electron chi connectivity index (χ4n) is 2.47. The Morgan fingerprint density at radius 1 is 1.26 bits per heavy atom. The standard InChI is InChI=1S/C16H23NO2/c1-16(2,15(18)19)9-10-17-14-8-7-12-5-3-4-6-13(12)11-14/h7-8,11,17H,3-6,9-10H2,1-2H3,(H,18,19). The Morgan fingerprint density at radius 2 is 1.95 bits per heavy atom. The summed E-state index contributed by atoms with van der Waals surface area (Å²) in [6.07, 6.45) is 5.57. The van der Waals surface area contributed by atoms with Gasteiger partial charge in [-0.15, -0.1) is 0 Å². The van der Waals surface area contributed by atoms with Crippen LogP contribution in [-0.2, 0) is 17.6 Å². The van der Waals surface area contributed by atoms with E-state index in [2.05, 4.69) is 23.5 Å². The van der Waals surface area contributed by atoms with Crippen molar-refractivity contribution in [3.05, 3.63) is 29.3 Å². The highest BCUT2D eigenvalue weighted by molar-refractivity contribution is 5.73. The lowest BCUT2D eigenvalue weighted by molar-refractivity contribution is -0.147. The SMILES string of the molecule is CC(C)(CCNc1ccc2c(c1)CCCC2)C(=O)O. The first-order valence-electron chi connectivity index (χ1n) is 7.08. The third-order valence-electron chi connectivity index (χ3n) is 4.01. The number of benzene rings is 1. The molecule has 2 rings (SSSR count). The highest BCUT2D eigenvalue weighted by Crippen LogP contribution is 2.25. The summed E-state index contributed by atoms with van der Waals surface area (Å²) in [6, 6.07) is 6.54. The quantitative estimate of drug-likeness (QED) is 0.853. The molecule has 104 valence electrons. The smallest absolute Gasteiger partial charge is 0.309 e. The van der Waals surface area contributed by atoms with Crippen LogP contribution < -0.4 is 5.32 Å². The van der Waals surface area contributed by atoms with Crippen molar-refractivity contribution in [2.75, 3.05) is 11.9 Å². The minimum Gasteiger partial charge on any atom is -0.481 e. The van der Waals surface area contributed by atoms with Gasteiger partial charge in [-0.2, -0.15) is 0 Å². The first kappa shape index (κ1) is 13.9. The van der Waals surface area contributed by atoms with Gasteiger partial charge in [0.05, 0.1) is 5.41 Å². The second-order valence-corrected chi connectivity index (χ2v) is 6.06. The number of aryl methyl sites for hydroxylation is 2. The number of fused-ring (bicyclic) bond motifs is 1. The van der Waals surface area contributed by atoms with E-state index in [1.165, 1.54) is 36.8 Å². The Labute approximate surface area is 115 Å². The fourth-order valence-corrected chi connectivity index (χ4v) is 2.47. The molecule has 0 atom stereocenters. The molecule has 0 bridgehead atoms. The molecule has 0 heterocycles. The van der Waals surface area contributed by atoms with Gasteiger partial charge in [0.2, 0.25) is 0 Å². The van der Waals surface area contributed by atoms with Gasteiger partial charge in [0.1, 0.15) is 0 Å². The largest absolute Gasteiger partial charge is 0.481 e. The second kappa shape index (κ2) is 5.64. The lowest BCUT2D eigenvalue weighted by Crippen LogP contribution is -2.26. The van der Waals surface area contributed by atoms with Crippen LogP contribution in [0.3, 0.4) is 0 Å². The highest BCUT2D eigenvalue weighted by Gasteiger charge is 2.26. The van der Waals surface area contributed by atoms with E-state index in [1.54, 1.807) is 13.8 Å². The predicted molar refractivity (Wildman–Crippen MR) is 77.6 cm³/mol. The number of hydrogen-bond acceptors (Lipinski definition) is 2. The van der Waals surface area contributed by atoms with Crippen molar-refractivity contribution >= 4 is 11.7 Å². The van der Waals surface area contributed by atoms with E-state index < -0.39 is 11.4 Å². The van der Waals surface area contributed by atoms with Crippen LogP contribution in [0.2, 0.25) is 0 Å². The average Bonchev–Trinajstić information content (AvgIpc) is 2.38. The summed E-state index contributed by atoms with van der Waals surface area (Å²) in [6.45, 7) is 4.23. The predicted octanol–water partition coefficient (Wildman–Crippen LogP) is 3.48. The van der Waals surface area contributed by atoms with Gasteiger partial charge in [-0.25, -0.2) is 0 Å². The molecular weight excluding hydrogens is 238 g/mol. The zero-order chi connectivity index (χ0) is 13.9. The molecule has 0 aromatic heterocycles. The van der Waals surface area contributed by atoms with Crippen molar-refractivity contribution in [3.8, 4) is 0 Å². The summed E-state index contributed by atoms with van der Waals surface area (Å²) in [5.41, 5.74) is 3.37. The van der Waals surface area contributed by atoms with Crippen LogP contribution in [-0.4, -0.2) is 17.6 Å². The van der Waals surface area contributed by atoms with E-state index in [4.69, 9.17) is 5.11 Å². The van der Waals surface area contributed by atoms with Crippen molar-refractivity contribution in [1.82, 2.24) is 0 Å². The molecule has 3 heteroatoms. The Hall–Kier alpha value is -1.51. The lowest BCUT2D eigenvalue weighted by atomic mass is 9.89. The van der Waals surface area contributed by atoms with E-state index >= 15 is 0 Å². The molecule has 19 heavy (non-hydrogen) atoms. The molecule has 3 nitrogen and oxygen atoms in total. The first-order chi connectivity index (χ1) is 8.99. The van der Waals surface area contributed by atoms with Gasteiger partial charge in [0.25, 0.3) is 0 Å². The van der Waals surface area contributed by atoms with E-state index in [9.17, 15) is 4.79 Å². The molecule has 0 fully saturated rings. The highest BCUT2D eigenvalue weighted by atomic mass is 16.4. The summed E-state index contributed by atoms with van der Waals surface area (Å²) < 4.78 is 0. The second-order valence-electron chi connectivity index (χ2n) is 6.06. The number of carboxylic acid groups (broad SMARTS) is 1. The molecule has 0 spiro atoms. The summed E-state index contributed by atoms with van der Waals surface area (Å²) in [7, 11) is 0. The maximum absolute atomic E-state index is 11.0. The Morgan fingerprint density at radius 3 is 2.63 bits per heavy atom. The van der Waals surface area contributed by atoms with Crippen LogP contribution in [0.4, 0.5) is 5.69 Å². The average molecular weight is 261 g/mol. The van der Waals surface area contributed by atoms with Crippen LogP contribution >= 0.6 is 0 Å². The van der Waals surface area contributed by atoms with E-state index in [0.717, 1.165) is 5.69 Å². The monoisotopic (exact) mass is 261 g/mol. The number of carbonyl (C=O) groups is 1. The first-order valence-corrected chi connectivity index (χ1v) is 7.08. The van der Waals surface area contributed by atoms with Gasteiger partial charge in [0.15, 0.2) is 0 Å². The van der Waals surface area contributed by atoms with Gasteiger partial charge in [-0.1, -0.05) is 6.07 Å². The Kier molecular flexibility index (Phi) is 4.13. The van der Waals surface area contributed by atoms with Gasteiger partial charge in [0, 0.05) is 12.2 Å². The van der Waals surface area contributed by atoms with Crippen molar-refractivity contribution in [3.63, 3.8) is 0 Å². The summed E-state index contributed by atoms with van der Waals surface area (Å²) in [5, 5.41) is 12.4. The summed E-state index contributed by atoms with van der Waals surface area (Å²) in [4.78, 5) is 11.0. The zero-order valence-corrected chi connectivity index (χ0v) is 11.8. The molecule has 0 saturated carbocycles. The van der Waals surface area contributed by atoms with E-state index in [-0.39, 0.29) is 0 Å². The van der Waals surface area contributed by atoms with Crippen molar-refractivity contribution < 1.29 is 9.90 Å². The third kappa shape index (κ3) is 3.49. The van der Waals surface area contributed by atoms with E-state index in [0.29, 0.717) is 13.0 Å². The molecule has 2 N–H and O–H groups in total. The number of hydrogen-bond donors (Lipinski definition) is 2. The number of nitrogens with one attached hydrogen (secondary N) is 1. The molecule has 1 aliphatic rings. The van der Waals surface area contributed by atoms with Gasteiger partial charge in [-0.3, -0.25) is 4.79 Å². The molecule has 1 aromatic rings. The molecule has 0 saturated heterocycles. The number of rotatable bonds is 5. The van der Waals surface area contributed by atoms with Crippen molar-refractivity contribution in [1.29, 1.82) is 0 Å². The number of aliphatic carboxylic acids is 1. The fraction of sp³-hybridized carbons (Fsp3) is 0.562. The van der Waals surface area contributed by atoms with E-state index in [1.807, 2.05) is 0 Å². The van der Waals surface area contributed by atoms with Crippen LogP contribution in [0.5, 0.6) is 0 Å². The molecular formula is C16H23NO2. The maximum atomic E-state index is 11.0. The molecule has 0 radical (unpaired) electrons. The number of carboxylic acids is 1. The molecule has 0 amide bonds. The topological polar surface area (TPSA) is 49.3 Å². The minimum absolute atomic E-state index is 0.624. The van der Waals surface area contributed by atoms with Gasteiger partial charge < -0.3 is 10.4 Å². The Bertz CT molecular complexity index is 466. The van der Waals surface area contributed by atoms with Crippen LogP contribution in [0.15, 0.2) is 18.2 Å². The van der Waals surface area contributed by atoms with Gasteiger partial charge >= 0.3 is 5.97 Å². The summed E-state index contributed by atoms with van der Waals surface area (Å²) in [5.74, 6) is -0.736. The van der Waals surface area contributed by atoms with Crippen molar-refractivity contribution in [2.24, 2.45) is 5.41 Å². The van der Waals surface area contributed by atoms with Crippen LogP contribution in [0.25, 0.3) is 0 Å². The van der Waals surface area contributed by atoms with Crippen molar-refractivity contribution in [2.45, 2.75) is 46.0 Å². The summed E-state index contributed by atoms with van der Waals surface area (Å²) >= 11 is 0. The third-order valence-corrected chi connectivity index (χ3v) is 4.01. The molecule has 0 aliphatic heterocycles. The molecule has 1 aliphatic carbocycles. The minimum atomic E-state index is -0.736. The number of anilines is 1. The van der Waals surface area contributed by atoms with Gasteiger partial charge in [-0.05, 0) is 69.2 Å². The molecule has 0 unspecified atom stereocenters.